The fraction of sp³-hybridized carbons (Fsp3) is 0.444. The van der Waals surface area contributed by atoms with Crippen LogP contribution < -0.4 is 4.90 Å². The van der Waals surface area contributed by atoms with Crippen molar-refractivity contribution in [1.29, 1.82) is 5.26 Å². The summed E-state index contributed by atoms with van der Waals surface area (Å²) in [6.07, 6.45) is 3.27. The van der Waals surface area contributed by atoms with Crippen LogP contribution >= 0.6 is 11.8 Å². The summed E-state index contributed by atoms with van der Waals surface area (Å²) in [6.45, 7) is 1.52. The first-order chi connectivity index (χ1) is 8.24. The van der Waals surface area contributed by atoms with Crippen LogP contribution in [0, 0.1) is 20.8 Å². The fourth-order valence-electron chi connectivity index (χ4n) is 1.79. The average molecular weight is 251 g/mol. The molecule has 7 nitrogen and oxygen atoms in total. The van der Waals surface area contributed by atoms with Crippen molar-refractivity contribution in [2.75, 3.05) is 18.0 Å². The van der Waals surface area contributed by atoms with E-state index in [0.29, 0.717) is 17.6 Å². The quantitative estimate of drug-likeness (QED) is 0.264. The molecule has 1 aliphatic rings. The lowest BCUT2D eigenvalue weighted by molar-refractivity contribution is -0.387. The number of nitro groups is 1. The SMILES string of the molecule is N#CSc1ncnc(N2CCCC2)c1[N+](=O)[O-]. The summed E-state index contributed by atoms with van der Waals surface area (Å²) in [5.74, 6) is 0.320. The summed E-state index contributed by atoms with van der Waals surface area (Å²) in [5, 5.41) is 21.6. The number of anilines is 1. The molecule has 1 fully saturated rings. The maximum Gasteiger partial charge on any atom is 0.344 e. The minimum Gasteiger partial charge on any atom is -0.351 e. The van der Waals surface area contributed by atoms with Gasteiger partial charge in [0.05, 0.1) is 4.92 Å². The standard InChI is InChI=1S/C9H9N5O2S/c10-5-17-9-7(14(15)16)8(11-6-12-9)13-3-1-2-4-13/h6H,1-4H2. The van der Waals surface area contributed by atoms with E-state index < -0.39 is 4.92 Å². The first-order valence-electron chi connectivity index (χ1n) is 5.04. The van der Waals surface area contributed by atoms with E-state index in [1.165, 1.54) is 6.33 Å². The number of aromatic nitrogens is 2. The highest BCUT2D eigenvalue weighted by Crippen LogP contribution is 2.35. The molecule has 0 radical (unpaired) electrons. The van der Waals surface area contributed by atoms with Crippen molar-refractivity contribution in [3.63, 3.8) is 0 Å². The van der Waals surface area contributed by atoms with Crippen molar-refractivity contribution in [3.8, 4) is 5.40 Å². The summed E-state index contributed by atoms with van der Waals surface area (Å²) in [5.41, 5.74) is -0.166. The summed E-state index contributed by atoms with van der Waals surface area (Å²) < 4.78 is 0. The van der Waals surface area contributed by atoms with Gasteiger partial charge in [-0.3, -0.25) is 10.1 Å². The van der Waals surface area contributed by atoms with Gasteiger partial charge in [0, 0.05) is 24.9 Å². The van der Waals surface area contributed by atoms with Gasteiger partial charge in [0.25, 0.3) is 0 Å². The van der Waals surface area contributed by atoms with E-state index in [-0.39, 0.29) is 10.7 Å². The van der Waals surface area contributed by atoms with Crippen molar-refractivity contribution >= 4 is 23.3 Å². The highest BCUT2D eigenvalue weighted by molar-refractivity contribution is 8.03. The third-order valence-electron chi connectivity index (χ3n) is 2.50. The monoisotopic (exact) mass is 251 g/mol. The Morgan fingerprint density at radius 1 is 1.47 bits per heavy atom. The van der Waals surface area contributed by atoms with E-state index in [9.17, 15) is 10.1 Å². The van der Waals surface area contributed by atoms with Crippen LogP contribution in [0.4, 0.5) is 11.5 Å². The molecule has 0 spiro atoms. The maximum atomic E-state index is 11.1. The third kappa shape index (κ3) is 2.29. The predicted molar refractivity (Wildman–Crippen MR) is 61.6 cm³/mol. The molecule has 2 heterocycles. The van der Waals surface area contributed by atoms with Crippen molar-refractivity contribution in [1.82, 2.24) is 9.97 Å². The number of hydrogen-bond acceptors (Lipinski definition) is 7. The lowest BCUT2D eigenvalue weighted by Crippen LogP contribution is -2.20. The number of thiocyanates is 1. The Morgan fingerprint density at radius 2 is 2.18 bits per heavy atom. The fourth-order valence-corrected chi connectivity index (χ4v) is 2.24. The molecule has 1 saturated heterocycles. The zero-order valence-corrected chi connectivity index (χ0v) is 9.68. The topological polar surface area (TPSA) is 96.0 Å². The van der Waals surface area contributed by atoms with Crippen LogP contribution in [0.25, 0.3) is 0 Å². The van der Waals surface area contributed by atoms with Crippen molar-refractivity contribution in [2.45, 2.75) is 17.9 Å². The van der Waals surface area contributed by atoms with E-state index in [1.54, 1.807) is 5.40 Å². The molecule has 1 aromatic heterocycles. The van der Waals surface area contributed by atoms with Crippen LogP contribution in [-0.4, -0.2) is 28.0 Å². The van der Waals surface area contributed by atoms with Crippen LogP contribution in [0.3, 0.4) is 0 Å². The molecule has 0 atom stereocenters. The van der Waals surface area contributed by atoms with E-state index >= 15 is 0 Å². The van der Waals surface area contributed by atoms with Gasteiger partial charge in [-0.05, 0) is 12.8 Å². The average Bonchev–Trinajstić information content (AvgIpc) is 2.82. The van der Waals surface area contributed by atoms with E-state index in [0.717, 1.165) is 25.9 Å². The summed E-state index contributed by atoms with van der Waals surface area (Å²) in [4.78, 5) is 20.2. The Hall–Kier alpha value is -1.88. The number of nitrogens with zero attached hydrogens (tertiary/aromatic N) is 5. The predicted octanol–water partition coefficient (Wildman–Crippen LogP) is 1.56. The highest BCUT2D eigenvalue weighted by Gasteiger charge is 2.28. The Kier molecular flexibility index (Phi) is 3.39. The Morgan fingerprint density at radius 3 is 2.76 bits per heavy atom. The lowest BCUT2D eigenvalue weighted by atomic mass is 10.4. The first-order valence-corrected chi connectivity index (χ1v) is 5.86. The van der Waals surface area contributed by atoms with Gasteiger partial charge in [0.1, 0.15) is 11.7 Å². The minimum absolute atomic E-state index is 0.106. The summed E-state index contributed by atoms with van der Waals surface area (Å²) in [7, 11) is 0. The zero-order valence-electron chi connectivity index (χ0n) is 8.87. The third-order valence-corrected chi connectivity index (χ3v) is 3.08. The van der Waals surface area contributed by atoms with Gasteiger partial charge in [-0.25, -0.2) is 9.97 Å². The number of nitriles is 1. The van der Waals surface area contributed by atoms with Gasteiger partial charge in [0.2, 0.25) is 5.82 Å². The molecule has 1 aromatic rings. The maximum absolute atomic E-state index is 11.1. The van der Waals surface area contributed by atoms with E-state index in [1.807, 2.05) is 4.90 Å². The van der Waals surface area contributed by atoms with E-state index in [2.05, 4.69) is 9.97 Å². The van der Waals surface area contributed by atoms with Gasteiger partial charge in [-0.15, -0.1) is 0 Å². The molecule has 1 aliphatic heterocycles. The number of hydrogen-bond donors (Lipinski definition) is 0. The Balaban J connectivity index is 2.46. The molecule has 8 heteroatoms. The molecule has 0 bridgehead atoms. The van der Waals surface area contributed by atoms with E-state index in [4.69, 9.17) is 5.26 Å². The van der Waals surface area contributed by atoms with Gasteiger partial charge in [-0.1, -0.05) is 0 Å². The summed E-state index contributed by atoms with van der Waals surface area (Å²) >= 11 is 0.689. The molecule has 17 heavy (non-hydrogen) atoms. The second-order valence-electron chi connectivity index (χ2n) is 3.50. The van der Waals surface area contributed by atoms with Gasteiger partial charge < -0.3 is 4.90 Å². The Bertz CT molecular complexity index is 481. The molecule has 0 aliphatic carbocycles. The summed E-state index contributed by atoms with van der Waals surface area (Å²) in [6, 6.07) is 0. The van der Waals surface area contributed by atoms with Crippen LogP contribution in [-0.2, 0) is 0 Å². The van der Waals surface area contributed by atoms with Gasteiger partial charge in [-0.2, -0.15) is 5.26 Å². The van der Waals surface area contributed by atoms with Gasteiger partial charge >= 0.3 is 5.69 Å². The zero-order chi connectivity index (χ0) is 12.3. The van der Waals surface area contributed by atoms with Crippen LogP contribution in [0.5, 0.6) is 0 Å². The first kappa shape index (κ1) is 11.6. The van der Waals surface area contributed by atoms with Crippen molar-refractivity contribution in [3.05, 3.63) is 16.4 Å². The highest BCUT2D eigenvalue weighted by atomic mass is 32.2. The minimum atomic E-state index is -0.521. The molecule has 2 rings (SSSR count). The van der Waals surface area contributed by atoms with Crippen LogP contribution in [0.2, 0.25) is 0 Å². The smallest absolute Gasteiger partial charge is 0.344 e. The lowest BCUT2D eigenvalue weighted by Gasteiger charge is -2.15. The van der Waals surface area contributed by atoms with Gasteiger partial charge in [0.15, 0.2) is 5.03 Å². The van der Waals surface area contributed by atoms with Crippen LogP contribution in [0.15, 0.2) is 11.4 Å². The van der Waals surface area contributed by atoms with Crippen molar-refractivity contribution < 1.29 is 4.92 Å². The molecule has 0 N–H and O–H groups in total. The molecular formula is C9H9N5O2S. The molecule has 0 amide bonds. The Labute approximate surface area is 102 Å². The molecule has 0 aromatic carbocycles. The van der Waals surface area contributed by atoms with Crippen molar-refractivity contribution in [2.24, 2.45) is 0 Å². The number of thioether (sulfide) groups is 1. The molecule has 0 saturated carbocycles. The molecular weight excluding hydrogens is 242 g/mol. The molecule has 88 valence electrons. The largest absolute Gasteiger partial charge is 0.351 e. The normalized spacial score (nSPS) is 14.6. The number of rotatable bonds is 3. The second kappa shape index (κ2) is 4.97. The second-order valence-corrected chi connectivity index (χ2v) is 4.27. The van der Waals surface area contributed by atoms with Crippen LogP contribution in [0.1, 0.15) is 12.8 Å². The molecule has 0 unspecified atom stereocenters.